The summed E-state index contributed by atoms with van der Waals surface area (Å²) in [6.45, 7) is 9.63. The van der Waals surface area contributed by atoms with Crippen LogP contribution in [0.5, 0.6) is 0 Å². The van der Waals surface area contributed by atoms with Gasteiger partial charge in [0.25, 0.3) is 0 Å². The van der Waals surface area contributed by atoms with Gasteiger partial charge in [0, 0.05) is 49.2 Å². The number of benzene rings is 1. The van der Waals surface area contributed by atoms with Crippen molar-refractivity contribution in [3.8, 4) is 0 Å². The van der Waals surface area contributed by atoms with Crippen molar-refractivity contribution < 1.29 is 0 Å². The van der Waals surface area contributed by atoms with Crippen LogP contribution in [-0.2, 0) is 5.41 Å². The van der Waals surface area contributed by atoms with Crippen LogP contribution >= 0.6 is 23.8 Å². The topological polar surface area (TPSA) is 56.3 Å². The summed E-state index contributed by atoms with van der Waals surface area (Å²) in [7, 11) is 0. The zero-order valence-corrected chi connectivity index (χ0v) is 24.6. The number of hydrogen-bond donors (Lipinski definition) is 2. The normalized spacial score (nSPS) is 23.7. The fourth-order valence-corrected chi connectivity index (χ4v) is 6.88. The number of aromatic nitrogens is 2. The second-order valence-corrected chi connectivity index (χ2v) is 12.8. The molecule has 3 fully saturated rings. The second-order valence-electron chi connectivity index (χ2n) is 12.0. The molecule has 3 heterocycles. The van der Waals surface area contributed by atoms with E-state index in [1.54, 1.807) is 0 Å². The first-order chi connectivity index (χ1) is 18.4. The van der Waals surface area contributed by atoms with Crippen molar-refractivity contribution in [2.24, 2.45) is 11.8 Å². The monoisotopic (exact) mass is 554 g/mol. The third-order valence-corrected chi connectivity index (χ3v) is 9.24. The number of piperidine rings is 2. The van der Waals surface area contributed by atoms with Crippen LogP contribution < -0.4 is 20.4 Å². The molecule has 1 aliphatic carbocycles. The highest BCUT2D eigenvalue weighted by molar-refractivity contribution is 7.80. The van der Waals surface area contributed by atoms with Gasteiger partial charge < -0.3 is 20.4 Å². The molecular formula is C30H43ClN6S. The maximum atomic E-state index is 6.20. The summed E-state index contributed by atoms with van der Waals surface area (Å²) in [6.07, 6.45) is 11.1. The summed E-state index contributed by atoms with van der Waals surface area (Å²) in [4.78, 5) is 14.8. The van der Waals surface area contributed by atoms with Crippen LogP contribution in [-0.4, -0.2) is 47.8 Å². The summed E-state index contributed by atoms with van der Waals surface area (Å²) < 4.78 is 0. The van der Waals surface area contributed by atoms with Crippen molar-refractivity contribution in [2.75, 3.05) is 47.8 Å². The Morgan fingerprint density at radius 3 is 2.05 bits per heavy atom. The van der Waals surface area contributed by atoms with Crippen LogP contribution in [0.25, 0.3) is 0 Å². The SMILES string of the molecule is C[C@H]1CCCN(c2cc(N3CCC[C@H](C)C3)nc(NC(=S)NCC3(c4ccc(Cl)cc4)CCCCC3)n2)C1. The Hall–Kier alpha value is -2.12. The smallest absolute Gasteiger partial charge is 0.232 e. The lowest BCUT2D eigenvalue weighted by atomic mass is 9.69. The van der Waals surface area contributed by atoms with Gasteiger partial charge in [-0.2, -0.15) is 9.97 Å². The number of hydrogen-bond acceptors (Lipinski definition) is 5. The maximum absolute atomic E-state index is 6.20. The summed E-state index contributed by atoms with van der Waals surface area (Å²) in [5.41, 5.74) is 1.41. The fourth-order valence-electron chi connectivity index (χ4n) is 6.59. The molecule has 2 N–H and O–H groups in total. The minimum atomic E-state index is 0.0658. The zero-order chi connectivity index (χ0) is 26.5. The van der Waals surface area contributed by atoms with Crippen LogP contribution in [0, 0.1) is 11.8 Å². The number of nitrogens with one attached hydrogen (secondary N) is 2. The van der Waals surface area contributed by atoms with Gasteiger partial charge in [-0.05, 0) is 80.3 Å². The molecule has 0 unspecified atom stereocenters. The summed E-state index contributed by atoms with van der Waals surface area (Å²) in [5.74, 6) is 3.97. The highest BCUT2D eigenvalue weighted by atomic mass is 35.5. The van der Waals surface area contributed by atoms with E-state index in [4.69, 9.17) is 33.8 Å². The standard InChI is InChI=1S/C30H43ClN6S/c1-22-8-6-16-36(19-22)26-18-27(37-17-7-9-23(2)20-37)34-28(33-26)35-29(38)32-21-30(14-4-3-5-15-30)24-10-12-25(31)13-11-24/h10-13,18,22-23H,3-9,14-17,19-21H2,1-2H3,(H2,32,33,34,35,38)/t22-,23-/m0/s1. The Bertz CT molecular complexity index is 1050. The number of nitrogens with zero attached hydrogens (tertiary/aromatic N) is 4. The van der Waals surface area contributed by atoms with Crippen molar-refractivity contribution in [3.63, 3.8) is 0 Å². The van der Waals surface area contributed by atoms with Crippen LogP contribution in [0.3, 0.4) is 0 Å². The summed E-state index contributed by atoms with van der Waals surface area (Å²) in [5, 5.41) is 8.28. The minimum absolute atomic E-state index is 0.0658. The van der Waals surface area contributed by atoms with Crippen LogP contribution in [0.1, 0.15) is 77.2 Å². The lowest BCUT2D eigenvalue weighted by molar-refractivity contribution is 0.292. The van der Waals surface area contributed by atoms with E-state index in [9.17, 15) is 0 Å². The molecule has 3 aliphatic rings. The van der Waals surface area contributed by atoms with Crippen LogP contribution in [0.2, 0.25) is 5.02 Å². The Morgan fingerprint density at radius 1 is 0.921 bits per heavy atom. The van der Waals surface area contributed by atoms with Gasteiger partial charge in [-0.3, -0.25) is 0 Å². The van der Waals surface area contributed by atoms with E-state index in [1.807, 2.05) is 12.1 Å². The van der Waals surface area contributed by atoms with E-state index in [0.717, 1.165) is 62.2 Å². The lowest BCUT2D eigenvalue weighted by Crippen LogP contribution is -2.43. The Labute approximate surface area is 238 Å². The van der Waals surface area contributed by atoms with Crippen molar-refractivity contribution in [3.05, 3.63) is 40.9 Å². The van der Waals surface area contributed by atoms with E-state index in [0.29, 0.717) is 22.9 Å². The number of rotatable bonds is 6. The number of halogens is 1. The second kappa shape index (κ2) is 12.4. The Kier molecular flexibility index (Phi) is 8.94. The largest absolute Gasteiger partial charge is 0.361 e. The quantitative estimate of drug-likeness (QED) is 0.381. The first-order valence-corrected chi connectivity index (χ1v) is 15.4. The van der Waals surface area contributed by atoms with E-state index >= 15 is 0 Å². The highest BCUT2D eigenvalue weighted by Crippen LogP contribution is 2.39. The molecule has 1 saturated carbocycles. The van der Waals surface area contributed by atoms with E-state index in [2.05, 4.69) is 52.5 Å². The van der Waals surface area contributed by atoms with Gasteiger partial charge in [0.05, 0.1) is 0 Å². The molecule has 0 radical (unpaired) electrons. The van der Waals surface area contributed by atoms with Crippen LogP contribution in [0.4, 0.5) is 17.6 Å². The van der Waals surface area contributed by atoms with Crippen molar-refractivity contribution in [1.82, 2.24) is 15.3 Å². The van der Waals surface area contributed by atoms with E-state index in [-0.39, 0.29) is 5.41 Å². The van der Waals surface area contributed by atoms with Crippen molar-refractivity contribution >= 4 is 46.5 Å². The van der Waals surface area contributed by atoms with Gasteiger partial charge in [-0.15, -0.1) is 0 Å². The molecule has 0 amide bonds. The maximum Gasteiger partial charge on any atom is 0.232 e. The van der Waals surface area contributed by atoms with E-state index < -0.39 is 0 Å². The molecule has 2 aromatic rings. The van der Waals surface area contributed by atoms with Gasteiger partial charge in [0.15, 0.2) is 5.11 Å². The predicted octanol–water partition coefficient (Wildman–Crippen LogP) is 6.79. The number of anilines is 3. The molecule has 1 aromatic carbocycles. The predicted molar refractivity (Wildman–Crippen MR) is 164 cm³/mol. The first kappa shape index (κ1) is 27.4. The summed E-state index contributed by atoms with van der Waals surface area (Å²) >= 11 is 12.0. The molecule has 206 valence electrons. The zero-order valence-electron chi connectivity index (χ0n) is 23.0. The third-order valence-electron chi connectivity index (χ3n) is 8.74. The molecule has 38 heavy (non-hydrogen) atoms. The van der Waals surface area contributed by atoms with Gasteiger partial charge in [0.1, 0.15) is 11.6 Å². The van der Waals surface area contributed by atoms with Crippen molar-refractivity contribution in [1.29, 1.82) is 0 Å². The molecule has 0 bridgehead atoms. The molecule has 8 heteroatoms. The number of thiocarbonyl (C=S) groups is 1. The summed E-state index contributed by atoms with van der Waals surface area (Å²) in [6, 6.07) is 10.6. The third kappa shape index (κ3) is 6.71. The lowest BCUT2D eigenvalue weighted by Gasteiger charge is -2.38. The van der Waals surface area contributed by atoms with E-state index in [1.165, 1.54) is 50.5 Å². The average Bonchev–Trinajstić information content (AvgIpc) is 2.93. The minimum Gasteiger partial charge on any atom is -0.361 e. The molecule has 2 saturated heterocycles. The van der Waals surface area contributed by atoms with Crippen LogP contribution in [0.15, 0.2) is 30.3 Å². The van der Waals surface area contributed by atoms with Crippen molar-refractivity contribution in [2.45, 2.75) is 77.0 Å². The molecule has 5 rings (SSSR count). The molecule has 1 aromatic heterocycles. The molecule has 2 aliphatic heterocycles. The fraction of sp³-hybridized carbons (Fsp3) is 0.633. The Morgan fingerprint density at radius 2 is 1.50 bits per heavy atom. The van der Waals surface area contributed by atoms with Gasteiger partial charge in [0.2, 0.25) is 5.95 Å². The van der Waals surface area contributed by atoms with Gasteiger partial charge >= 0.3 is 0 Å². The molecule has 2 atom stereocenters. The highest BCUT2D eigenvalue weighted by Gasteiger charge is 2.34. The molecular weight excluding hydrogens is 512 g/mol. The van der Waals surface area contributed by atoms with Gasteiger partial charge in [-0.1, -0.05) is 56.8 Å². The molecule has 0 spiro atoms. The molecule has 6 nitrogen and oxygen atoms in total. The Balaban J connectivity index is 1.33. The van der Waals surface area contributed by atoms with Gasteiger partial charge in [-0.25, -0.2) is 0 Å². The first-order valence-electron chi connectivity index (χ1n) is 14.6. The average molecular weight is 555 g/mol.